The van der Waals surface area contributed by atoms with Crippen LogP contribution in [0.5, 0.6) is 0 Å². The summed E-state index contributed by atoms with van der Waals surface area (Å²) in [5, 5.41) is 9.17. The van der Waals surface area contributed by atoms with Gasteiger partial charge in [-0.3, -0.25) is 9.36 Å². The van der Waals surface area contributed by atoms with Crippen molar-refractivity contribution in [2.24, 2.45) is 0 Å². The number of Topliss-reactive ketones (excluding diaryl/α,β-unsaturated/α-hetero) is 1. The number of nitrogens with zero attached hydrogens (tertiary/aromatic N) is 3. The number of rotatable bonds is 9. The second-order valence-electron chi connectivity index (χ2n) is 5.36. The van der Waals surface area contributed by atoms with Crippen molar-refractivity contribution in [3.05, 3.63) is 54.3 Å². The van der Waals surface area contributed by atoms with Crippen molar-refractivity contribution in [2.45, 2.75) is 18.1 Å². The van der Waals surface area contributed by atoms with Crippen LogP contribution in [-0.2, 0) is 11.3 Å². The smallest absolute Gasteiger partial charge is 0.200 e. The van der Waals surface area contributed by atoms with Crippen LogP contribution in [0.25, 0.3) is 11.6 Å². The average Bonchev–Trinajstić information content (AvgIpc) is 3.30. The molecule has 25 heavy (non-hydrogen) atoms. The molecule has 130 valence electrons. The molecule has 0 aliphatic heterocycles. The van der Waals surface area contributed by atoms with E-state index in [1.807, 2.05) is 47.0 Å². The third-order valence-corrected chi connectivity index (χ3v) is 4.58. The maximum Gasteiger partial charge on any atom is 0.200 e. The molecule has 0 N–H and O–H groups in total. The van der Waals surface area contributed by atoms with E-state index < -0.39 is 0 Å². The van der Waals surface area contributed by atoms with Gasteiger partial charge in [0.25, 0.3) is 0 Å². The van der Waals surface area contributed by atoms with Gasteiger partial charge >= 0.3 is 0 Å². The van der Waals surface area contributed by atoms with Crippen molar-refractivity contribution in [1.82, 2.24) is 14.8 Å². The molecule has 7 heteroatoms. The maximum atomic E-state index is 12.3. The summed E-state index contributed by atoms with van der Waals surface area (Å²) in [6, 6.07) is 12.9. The highest BCUT2D eigenvalue weighted by Crippen LogP contribution is 2.25. The van der Waals surface area contributed by atoms with Crippen LogP contribution in [0.4, 0.5) is 0 Å². The van der Waals surface area contributed by atoms with Crippen molar-refractivity contribution >= 4 is 17.5 Å². The van der Waals surface area contributed by atoms with Gasteiger partial charge in [-0.25, -0.2) is 0 Å². The van der Waals surface area contributed by atoms with Crippen LogP contribution >= 0.6 is 11.8 Å². The predicted octanol–water partition coefficient (Wildman–Crippen LogP) is 3.55. The maximum absolute atomic E-state index is 12.3. The Morgan fingerprint density at radius 3 is 2.76 bits per heavy atom. The summed E-state index contributed by atoms with van der Waals surface area (Å²) in [5.41, 5.74) is 0.701. The monoisotopic (exact) mass is 357 g/mol. The van der Waals surface area contributed by atoms with Gasteiger partial charge < -0.3 is 9.15 Å². The topological polar surface area (TPSA) is 70.2 Å². The summed E-state index contributed by atoms with van der Waals surface area (Å²) in [5.74, 6) is 1.70. The Morgan fingerprint density at radius 2 is 2.04 bits per heavy atom. The van der Waals surface area contributed by atoms with Crippen LogP contribution in [-0.4, -0.2) is 40.0 Å². The number of aromatic nitrogens is 3. The van der Waals surface area contributed by atoms with Crippen molar-refractivity contribution in [1.29, 1.82) is 0 Å². The zero-order chi connectivity index (χ0) is 17.5. The largest absolute Gasteiger partial charge is 0.461 e. The summed E-state index contributed by atoms with van der Waals surface area (Å²) < 4.78 is 12.5. The summed E-state index contributed by atoms with van der Waals surface area (Å²) in [6.45, 7) is 1.33. The van der Waals surface area contributed by atoms with Gasteiger partial charge in [0.05, 0.1) is 12.0 Å². The lowest BCUT2D eigenvalue weighted by Gasteiger charge is -2.08. The molecule has 0 amide bonds. The summed E-state index contributed by atoms with van der Waals surface area (Å²) in [4.78, 5) is 12.3. The Hall–Kier alpha value is -2.38. The minimum absolute atomic E-state index is 0.0663. The Bertz CT molecular complexity index is 800. The number of benzene rings is 1. The molecule has 0 aliphatic rings. The number of hydrogen-bond acceptors (Lipinski definition) is 6. The normalized spacial score (nSPS) is 10.9. The van der Waals surface area contributed by atoms with E-state index in [1.54, 1.807) is 13.4 Å². The van der Waals surface area contributed by atoms with Crippen molar-refractivity contribution in [3.8, 4) is 11.6 Å². The van der Waals surface area contributed by atoms with Gasteiger partial charge in [-0.2, -0.15) is 0 Å². The van der Waals surface area contributed by atoms with Crippen LogP contribution in [0.2, 0.25) is 0 Å². The summed E-state index contributed by atoms with van der Waals surface area (Å²) in [7, 11) is 1.67. The fourth-order valence-corrected chi connectivity index (χ4v) is 3.25. The average molecular weight is 357 g/mol. The third-order valence-electron chi connectivity index (χ3n) is 3.62. The molecule has 0 atom stereocenters. The first-order chi connectivity index (χ1) is 12.3. The quantitative estimate of drug-likeness (QED) is 0.331. The molecule has 3 aromatic rings. The Kier molecular flexibility index (Phi) is 6.03. The van der Waals surface area contributed by atoms with E-state index in [1.165, 1.54) is 11.8 Å². The van der Waals surface area contributed by atoms with Gasteiger partial charge in [-0.05, 0) is 18.6 Å². The molecule has 3 rings (SSSR count). The number of carbonyl (C=O) groups is 1. The van der Waals surface area contributed by atoms with Gasteiger partial charge in [0.1, 0.15) is 0 Å². The second kappa shape index (κ2) is 8.64. The van der Waals surface area contributed by atoms with Crippen LogP contribution in [0, 0.1) is 0 Å². The standard InChI is InChI=1S/C18H19N3O3S/c1-23-11-6-10-21-17(16-9-5-12-24-16)19-20-18(21)25-13-15(22)14-7-3-2-4-8-14/h2-5,7-9,12H,6,10-11,13H2,1H3. The van der Waals surface area contributed by atoms with E-state index in [0.717, 1.165) is 6.42 Å². The number of thioether (sulfide) groups is 1. The third kappa shape index (κ3) is 4.37. The van der Waals surface area contributed by atoms with Gasteiger partial charge in [0, 0.05) is 25.8 Å². The Balaban J connectivity index is 1.75. The zero-order valence-corrected chi connectivity index (χ0v) is 14.7. The SMILES string of the molecule is COCCCn1c(SCC(=O)c2ccccc2)nnc1-c1ccco1. The van der Waals surface area contributed by atoms with Crippen LogP contribution in [0.3, 0.4) is 0 Å². The van der Waals surface area contributed by atoms with E-state index in [9.17, 15) is 4.79 Å². The van der Waals surface area contributed by atoms with Crippen LogP contribution in [0.15, 0.2) is 58.3 Å². The Labute approximate surface area is 150 Å². The van der Waals surface area contributed by atoms with E-state index >= 15 is 0 Å². The molecule has 6 nitrogen and oxygen atoms in total. The molecule has 0 radical (unpaired) electrons. The number of ether oxygens (including phenoxy) is 1. The zero-order valence-electron chi connectivity index (χ0n) is 13.9. The van der Waals surface area contributed by atoms with E-state index in [0.29, 0.717) is 41.2 Å². The first-order valence-electron chi connectivity index (χ1n) is 7.96. The van der Waals surface area contributed by atoms with E-state index in [2.05, 4.69) is 10.2 Å². The fraction of sp³-hybridized carbons (Fsp3) is 0.278. The highest BCUT2D eigenvalue weighted by Gasteiger charge is 2.17. The number of ketones is 1. The summed E-state index contributed by atoms with van der Waals surface area (Å²) >= 11 is 1.38. The van der Waals surface area contributed by atoms with Crippen molar-refractivity contribution in [3.63, 3.8) is 0 Å². The van der Waals surface area contributed by atoms with Gasteiger partial charge in [-0.15, -0.1) is 10.2 Å². The number of carbonyl (C=O) groups excluding carboxylic acids is 1. The number of hydrogen-bond donors (Lipinski definition) is 0. The molecule has 0 unspecified atom stereocenters. The first-order valence-corrected chi connectivity index (χ1v) is 8.95. The molecule has 0 bridgehead atoms. The minimum Gasteiger partial charge on any atom is -0.461 e. The highest BCUT2D eigenvalue weighted by atomic mass is 32.2. The molecule has 0 spiro atoms. The molecular formula is C18H19N3O3S. The second-order valence-corrected chi connectivity index (χ2v) is 6.30. The number of methoxy groups -OCH3 is 1. The predicted molar refractivity (Wildman–Crippen MR) is 95.7 cm³/mol. The molecule has 2 heterocycles. The van der Waals surface area contributed by atoms with E-state index in [-0.39, 0.29) is 5.78 Å². The highest BCUT2D eigenvalue weighted by molar-refractivity contribution is 7.99. The van der Waals surface area contributed by atoms with Crippen molar-refractivity contribution in [2.75, 3.05) is 19.5 Å². The van der Waals surface area contributed by atoms with E-state index in [4.69, 9.17) is 9.15 Å². The molecule has 0 saturated carbocycles. The fourth-order valence-electron chi connectivity index (χ4n) is 2.39. The lowest BCUT2D eigenvalue weighted by atomic mass is 10.2. The van der Waals surface area contributed by atoms with Crippen molar-refractivity contribution < 1.29 is 13.9 Å². The molecule has 1 aromatic carbocycles. The summed E-state index contributed by atoms with van der Waals surface area (Å²) in [6.07, 6.45) is 2.43. The van der Waals surface area contributed by atoms with Crippen LogP contribution < -0.4 is 0 Å². The number of furan rings is 1. The molecular weight excluding hydrogens is 338 g/mol. The molecule has 0 saturated heterocycles. The molecule has 0 aliphatic carbocycles. The Morgan fingerprint density at radius 1 is 1.20 bits per heavy atom. The minimum atomic E-state index is 0.0663. The lowest BCUT2D eigenvalue weighted by molar-refractivity contribution is 0.102. The van der Waals surface area contributed by atoms with Gasteiger partial charge in [0.15, 0.2) is 22.5 Å². The molecule has 0 fully saturated rings. The molecule has 2 aromatic heterocycles. The van der Waals surface area contributed by atoms with Gasteiger partial charge in [-0.1, -0.05) is 42.1 Å². The first kappa shape index (κ1) is 17.4. The van der Waals surface area contributed by atoms with Crippen LogP contribution in [0.1, 0.15) is 16.8 Å². The lowest BCUT2D eigenvalue weighted by Crippen LogP contribution is -2.07. The van der Waals surface area contributed by atoms with Gasteiger partial charge in [0.2, 0.25) is 0 Å².